The van der Waals surface area contributed by atoms with E-state index in [2.05, 4.69) is 15.3 Å². The van der Waals surface area contributed by atoms with Crippen molar-refractivity contribution in [3.63, 3.8) is 0 Å². The molecule has 0 aliphatic carbocycles. The molecule has 0 fully saturated rings. The Kier molecular flexibility index (Phi) is 2.95. The Bertz CT molecular complexity index is 834. The van der Waals surface area contributed by atoms with Crippen LogP contribution in [0.2, 0.25) is 0 Å². The Morgan fingerprint density at radius 2 is 2.35 bits per heavy atom. The van der Waals surface area contributed by atoms with Crippen LogP contribution >= 0.6 is 11.3 Å². The van der Waals surface area contributed by atoms with E-state index in [4.69, 9.17) is 4.42 Å². The van der Waals surface area contributed by atoms with E-state index >= 15 is 0 Å². The van der Waals surface area contributed by atoms with Crippen LogP contribution in [-0.4, -0.2) is 14.9 Å². The molecule has 20 heavy (non-hydrogen) atoms. The number of oxazole rings is 1. The Hall–Kier alpha value is -2.68. The van der Waals surface area contributed by atoms with Gasteiger partial charge in [0.2, 0.25) is 0 Å². The predicted octanol–water partition coefficient (Wildman–Crippen LogP) is 2.10. The van der Waals surface area contributed by atoms with Gasteiger partial charge >= 0.3 is 4.87 Å². The average Bonchev–Trinajstić information content (AvgIpc) is 3.00. The Morgan fingerprint density at radius 3 is 3.05 bits per heavy atom. The fourth-order valence-corrected chi connectivity index (χ4v) is 2.26. The van der Waals surface area contributed by atoms with E-state index in [1.165, 1.54) is 18.2 Å². The van der Waals surface area contributed by atoms with Crippen LogP contribution in [0.25, 0.3) is 11.1 Å². The van der Waals surface area contributed by atoms with Crippen molar-refractivity contribution in [1.29, 1.82) is 0 Å². The van der Waals surface area contributed by atoms with Gasteiger partial charge < -0.3 is 14.7 Å². The number of rotatable bonds is 4. The summed E-state index contributed by atoms with van der Waals surface area (Å²) in [5.74, 6) is 0. The molecule has 0 amide bonds. The van der Waals surface area contributed by atoms with Gasteiger partial charge in [-0.1, -0.05) is 11.3 Å². The topological polar surface area (TPSA) is 114 Å². The summed E-state index contributed by atoms with van der Waals surface area (Å²) in [7, 11) is 0. The molecule has 3 aromatic rings. The van der Waals surface area contributed by atoms with Crippen molar-refractivity contribution in [2.45, 2.75) is 6.54 Å². The largest absolute Gasteiger partial charge is 0.423 e. The van der Waals surface area contributed by atoms with Gasteiger partial charge in [-0.3, -0.25) is 14.9 Å². The van der Waals surface area contributed by atoms with Crippen molar-refractivity contribution in [2.75, 3.05) is 5.32 Å². The summed E-state index contributed by atoms with van der Waals surface area (Å²) in [6, 6.07) is 4.45. The molecule has 2 aromatic heterocycles. The van der Waals surface area contributed by atoms with E-state index in [9.17, 15) is 14.9 Å². The van der Waals surface area contributed by atoms with Crippen LogP contribution in [0.3, 0.4) is 0 Å². The lowest BCUT2D eigenvalue weighted by atomic mass is 10.3. The quantitative estimate of drug-likeness (QED) is 0.562. The maximum absolute atomic E-state index is 11.0. The normalized spacial score (nSPS) is 10.8. The number of nitro benzene ring substituents is 1. The number of nitrogens with one attached hydrogen (secondary N) is 2. The van der Waals surface area contributed by atoms with Crippen LogP contribution in [0.4, 0.5) is 11.7 Å². The van der Waals surface area contributed by atoms with E-state index in [0.29, 0.717) is 23.3 Å². The summed E-state index contributed by atoms with van der Waals surface area (Å²) in [4.78, 5) is 27.8. The van der Waals surface area contributed by atoms with Gasteiger partial charge in [-0.05, 0) is 6.07 Å². The Balaban J connectivity index is 1.82. The summed E-state index contributed by atoms with van der Waals surface area (Å²) in [5, 5.41) is 15.3. The highest BCUT2D eigenvalue weighted by Crippen LogP contribution is 2.23. The van der Waals surface area contributed by atoms with Crippen LogP contribution < -0.4 is 10.2 Å². The molecule has 9 heteroatoms. The number of H-pyrrole nitrogens is 1. The van der Waals surface area contributed by atoms with Gasteiger partial charge in [0.15, 0.2) is 5.58 Å². The monoisotopic (exact) mass is 292 g/mol. The maximum atomic E-state index is 11.0. The number of benzene rings is 1. The molecule has 1 aromatic carbocycles. The lowest BCUT2D eigenvalue weighted by Crippen LogP contribution is -2.02. The van der Waals surface area contributed by atoms with Gasteiger partial charge in [-0.15, -0.1) is 0 Å². The molecule has 0 saturated carbocycles. The lowest BCUT2D eigenvalue weighted by Gasteiger charge is -1.97. The molecule has 2 N–H and O–H groups in total. The molecule has 3 rings (SSSR count). The van der Waals surface area contributed by atoms with Crippen molar-refractivity contribution < 1.29 is 9.34 Å². The van der Waals surface area contributed by atoms with E-state index in [0.717, 1.165) is 11.3 Å². The van der Waals surface area contributed by atoms with Crippen LogP contribution in [0, 0.1) is 10.1 Å². The van der Waals surface area contributed by atoms with E-state index in [1.54, 1.807) is 5.38 Å². The molecular weight excluding hydrogens is 284 g/mol. The van der Waals surface area contributed by atoms with Crippen LogP contribution in [0.1, 0.15) is 5.69 Å². The zero-order valence-electron chi connectivity index (χ0n) is 9.95. The first kappa shape index (κ1) is 12.4. The summed E-state index contributed by atoms with van der Waals surface area (Å²) in [6.07, 6.45) is 0. The van der Waals surface area contributed by atoms with Crippen LogP contribution in [-0.2, 0) is 6.54 Å². The number of fused-ring (bicyclic) bond motifs is 1. The molecule has 0 aliphatic rings. The number of nitro groups is 1. The molecule has 0 aliphatic heterocycles. The zero-order chi connectivity index (χ0) is 14.1. The second-order valence-electron chi connectivity index (χ2n) is 3.96. The number of hydrogen-bond acceptors (Lipinski definition) is 7. The maximum Gasteiger partial charge on any atom is 0.304 e. The third-order valence-electron chi connectivity index (χ3n) is 2.58. The highest BCUT2D eigenvalue weighted by Gasteiger charge is 2.11. The first-order chi connectivity index (χ1) is 9.61. The second-order valence-corrected chi connectivity index (χ2v) is 4.80. The van der Waals surface area contributed by atoms with Crippen molar-refractivity contribution in [1.82, 2.24) is 9.97 Å². The van der Waals surface area contributed by atoms with Gasteiger partial charge in [-0.25, -0.2) is 0 Å². The number of thiazole rings is 1. The van der Waals surface area contributed by atoms with Crippen molar-refractivity contribution in [3.8, 4) is 0 Å². The minimum absolute atomic E-state index is 0.0534. The molecule has 0 atom stereocenters. The molecular formula is C11H8N4O4S. The lowest BCUT2D eigenvalue weighted by molar-refractivity contribution is -0.384. The molecule has 2 heterocycles. The molecule has 0 radical (unpaired) electrons. The summed E-state index contributed by atoms with van der Waals surface area (Å²) in [6.45, 7) is 0.355. The number of hydrogen-bond donors (Lipinski definition) is 2. The average molecular weight is 292 g/mol. The second kappa shape index (κ2) is 4.78. The fraction of sp³-hybridized carbons (Fsp3) is 0.0909. The van der Waals surface area contributed by atoms with Crippen molar-refractivity contribution in [2.24, 2.45) is 0 Å². The fourth-order valence-electron chi connectivity index (χ4n) is 1.67. The van der Waals surface area contributed by atoms with E-state index in [1.807, 2.05) is 0 Å². The Morgan fingerprint density at radius 1 is 1.50 bits per heavy atom. The van der Waals surface area contributed by atoms with Crippen molar-refractivity contribution in [3.05, 3.63) is 49.1 Å². The predicted molar refractivity (Wildman–Crippen MR) is 72.9 cm³/mol. The number of non-ortho nitro benzene ring substituents is 1. The highest BCUT2D eigenvalue weighted by molar-refractivity contribution is 7.07. The van der Waals surface area contributed by atoms with Crippen LogP contribution in [0.15, 0.2) is 32.8 Å². The van der Waals surface area contributed by atoms with Gasteiger partial charge in [0.25, 0.3) is 11.7 Å². The SMILES string of the molecule is O=c1[nH]c(CNc2nc3ccc([N+](=O)[O-])cc3o2)cs1. The highest BCUT2D eigenvalue weighted by atomic mass is 32.1. The van der Waals surface area contributed by atoms with Gasteiger partial charge in [0.05, 0.1) is 17.5 Å². The minimum atomic E-state index is -0.495. The first-order valence-electron chi connectivity index (χ1n) is 5.57. The van der Waals surface area contributed by atoms with Crippen LogP contribution in [0.5, 0.6) is 0 Å². The number of aromatic nitrogens is 2. The summed E-state index contributed by atoms with van der Waals surface area (Å²) < 4.78 is 5.37. The number of nitrogens with zero attached hydrogens (tertiary/aromatic N) is 2. The molecule has 0 bridgehead atoms. The molecule has 102 valence electrons. The third kappa shape index (κ3) is 2.38. The van der Waals surface area contributed by atoms with Gasteiger partial charge in [0.1, 0.15) is 5.52 Å². The molecule has 0 saturated heterocycles. The van der Waals surface area contributed by atoms with Gasteiger partial charge in [-0.2, -0.15) is 4.98 Å². The Labute approximate surface area is 115 Å². The third-order valence-corrected chi connectivity index (χ3v) is 3.30. The number of aromatic amines is 1. The first-order valence-corrected chi connectivity index (χ1v) is 6.45. The van der Waals surface area contributed by atoms with E-state index in [-0.39, 0.29) is 16.6 Å². The smallest absolute Gasteiger partial charge is 0.304 e. The van der Waals surface area contributed by atoms with E-state index < -0.39 is 4.92 Å². The zero-order valence-corrected chi connectivity index (χ0v) is 10.8. The van der Waals surface area contributed by atoms with Gasteiger partial charge in [0, 0.05) is 17.1 Å². The summed E-state index contributed by atoms with van der Waals surface area (Å²) >= 11 is 1.07. The summed E-state index contributed by atoms with van der Waals surface area (Å²) in [5.41, 5.74) is 1.52. The minimum Gasteiger partial charge on any atom is -0.423 e. The van der Waals surface area contributed by atoms with Crippen molar-refractivity contribution >= 4 is 34.1 Å². The molecule has 0 unspecified atom stereocenters. The molecule has 8 nitrogen and oxygen atoms in total. The molecule has 0 spiro atoms. The number of anilines is 1. The standard InChI is InChI=1S/C11H8N4O4S/c16-11-13-6(5-20-11)4-12-10-14-8-2-1-7(15(17)18)3-9(8)19-10/h1-3,5H,4H2,(H,12,14)(H,13,16).